The largest absolute Gasteiger partial charge is 0.351 e. The van der Waals surface area contributed by atoms with Crippen molar-refractivity contribution in [2.24, 2.45) is 0 Å². The molecule has 1 atom stereocenters. The van der Waals surface area contributed by atoms with Crippen molar-refractivity contribution < 1.29 is 9.59 Å². The number of hydrogen-bond donors (Lipinski definition) is 2. The van der Waals surface area contributed by atoms with Gasteiger partial charge in [-0.3, -0.25) is 14.5 Å². The van der Waals surface area contributed by atoms with E-state index in [4.69, 9.17) is 0 Å². The highest BCUT2D eigenvalue weighted by atomic mass is 79.9. The Hall–Kier alpha value is -3.06. The fraction of sp³-hybridized carbons (Fsp3) is 0.385. The Morgan fingerprint density at radius 2 is 1.91 bits per heavy atom. The van der Waals surface area contributed by atoms with Crippen molar-refractivity contribution in [2.75, 3.05) is 46.3 Å². The van der Waals surface area contributed by atoms with Gasteiger partial charge in [0.05, 0.1) is 11.7 Å². The van der Waals surface area contributed by atoms with Crippen LogP contribution in [0.5, 0.6) is 0 Å². The average Bonchev–Trinajstić information content (AvgIpc) is 2.87. The Labute approximate surface area is 215 Å². The zero-order chi connectivity index (χ0) is 25.2. The van der Waals surface area contributed by atoms with E-state index in [1.165, 1.54) is 6.08 Å². The van der Waals surface area contributed by atoms with Gasteiger partial charge >= 0.3 is 0 Å². The number of amides is 2. The molecule has 0 spiro atoms. The van der Waals surface area contributed by atoms with Gasteiger partial charge in [0.1, 0.15) is 16.2 Å². The van der Waals surface area contributed by atoms with Gasteiger partial charge in [0.25, 0.3) is 11.8 Å². The molecule has 0 bridgehead atoms. The first-order chi connectivity index (χ1) is 16.9. The molecule has 1 aromatic heterocycles. The van der Waals surface area contributed by atoms with Crippen LogP contribution in [-0.2, 0) is 4.79 Å². The molecule has 1 fully saturated rings. The molecule has 1 saturated heterocycles. The summed E-state index contributed by atoms with van der Waals surface area (Å²) in [4.78, 5) is 34.5. The molecule has 2 amide bonds. The minimum atomic E-state index is -0.483. The molecule has 2 N–H and O–H groups in total. The van der Waals surface area contributed by atoms with Crippen molar-refractivity contribution in [3.05, 3.63) is 69.5 Å². The van der Waals surface area contributed by atoms with Gasteiger partial charge in [0, 0.05) is 44.8 Å². The number of pyridine rings is 1. The number of carbonyl (C=O) groups is 2. The number of likely N-dealkylation sites (N-methyl/N-ethyl adjacent to an activating group) is 1. The lowest BCUT2D eigenvalue weighted by Crippen LogP contribution is -2.46. The Kier molecular flexibility index (Phi) is 9.97. The third-order valence-corrected chi connectivity index (χ3v) is 6.36. The first-order valence-corrected chi connectivity index (χ1v) is 12.5. The summed E-state index contributed by atoms with van der Waals surface area (Å²) in [6.07, 6.45) is 2.08. The van der Waals surface area contributed by atoms with Crippen molar-refractivity contribution in [1.82, 2.24) is 25.4 Å². The zero-order valence-electron chi connectivity index (χ0n) is 20.1. The molecule has 35 heavy (non-hydrogen) atoms. The van der Waals surface area contributed by atoms with Gasteiger partial charge in [-0.05, 0) is 53.2 Å². The molecule has 1 aliphatic rings. The van der Waals surface area contributed by atoms with Crippen LogP contribution in [-0.4, -0.2) is 72.9 Å². The maximum absolute atomic E-state index is 12.8. The average molecular weight is 539 g/mol. The fourth-order valence-electron chi connectivity index (χ4n) is 3.86. The molecule has 3 rings (SSSR count). The predicted molar refractivity (Wildman–Crippen MR) is 139 cm³/mol. The third-order valence-electron chi connectivity index (χ3n) is 5.96. The number of rotatable bonds is 9. The van der Waals surface area contributed by atoms with Crippen LogP contribution in [0.1, 0.15) is 41.0 Å². The zero-order valence-corrected chi connectivity index (χ0v) is 21.7. The number of nitrogens with one attached hydrogen (secondary N) is 2. The van der Waals surface area contributed by atoms with E-state index in [0.717, 1.165) is 38.3 Å². The van der Waals surface area contributed by atoms with E-state index in [0.29, 0.717) is 28.8 Å². The Morgan fingerprint density at radius 3 is 2.57 bits per heavy atom. The second-order valence-corrected chi connectivity index (χ2v) is 9.33. The highest BCUT2D eigenvalue weighted by Gasteiger charge is 2.17. The van der Waals surface area contributed by atoms with Gasteiger partial charge in [0.15, 0.2) is 0 Å². The number of nitriles is 1. The first kappa shape index (κ1) is 26.5. The van der Waals surface area contributed by atoms with E-state index < -0.39 is 5.91 Å². The van der Waals surface area contributed by atoms with Crippen LogP contribution in [0, 0.1) is 11.3 Å². The quantitative estimate of drug-likeness (QED) is 0.289. The van der Waals surface area contributed by atoms with Crippen LogP contribution < -0.4 is 10.6 Å². The minimum absolute atomic E-state index is 0.0774. The van der Waals surface area contributed by atoms with E-state index in [9.17, 15) is 14.9 Å². The van der Waals surface area contributed by atoms with Gasteiger partial charge in [-0.2, -0.15) is 5.26 Å². The summed E-state index contributed by atoms with van der Waals surface area (Å²) >= 11 is 3.33. The van der Waals surface area contributed by atoms with Gasteiger partial charge in [-0.1, -0.05) is 37.3 Å². The summed E-state index contributed by atoms with van der Waals surface area (Å²) in [6.45, 7) is 7.34. The summed E-state index contributed by atoms with van der Waals surface area (Å²) in [5, 5.41) is 15.5. The number of benzene rings is 1. The molecule has 1 aliphatic heterocycles. The maximum Gasteiger partial charge on any atom is 0.262 e. The monoisotopic (exact) mass is 538 g/mol. The molecule has 0 radical (unpaired) electrons. The van der Waals surface area contributed by atoms with E-state index in [1.54, 1.807) is 12.1 Å². The molecule has 2 aromatic rings. The van der Waals surface area contributed by atoms with Gasteiger partial charge in [-0.25, -0.2) is 4.98 Å². The molecular weight excluding hydrogens is 508 g/mol. The van der Waals surface area contributed by atoms with Crippen molar-refractivity contribution in [1.29, 1.82) is 5.26 Å². The number of carbonyl (C=O) groups excluding carboxylic acids is 2. The molecule has 1 aromatic carbocycles. The predicted octanol–water partition coefficient (Wildman–Crippen LogP) is 3.00. The number of nitrogens with zero attached hydrogens (tertiary/aromatic N) is 4. The Bertz CT molecular complexity index is 1090. The maximum atomic E-state index is 12.8. The van der Waals surface area contributed by atoms with Gasteiger partial charge in [-0.15, -0.1) is 0 Å². The lowest BCUT2D eigenvalue weighted by atomic mass is 10.0. The fourth-order valence-corrected chi connectivity index (χ4v) is 4.31. The van der Waals surface area contributed by atoms with E-state index in [-0.39, 0.29) is 17.5 Å². The molecule has 9 heteroatoms. The van der Waals surface area contributed by atoms with E-state index in [1.807, 2.05) is 43.3 Å². The topological polar surface area (TPSA) is 101 Å². The second kappa shape index (κ2) is 13.1. The third kappa shape index (κ3) is 7.99. The summed E-state index contributed by atoms with van der Waals surface area (Å²) in [7, 11) is 2.11. The number of piperazine rings is 1. The number of halogens is 1. The Morgan fingerprint density at radius 1 is 1.20 bits per heavy atom. The van der Waals surface area contributed by atoms with Crippen LogP contribution in [0.3, 0.4) is 0 Å². The summed E-state index contributed by atoms with van der Waals surface area (Å²) in [5.41, 5.74) is 1.65. The van der Waals surface area contributed by atoms with Crippen molar-refractivity contribution in [2.45, 2.75) is 19.4 Å². The molecule has 1 unspecified atom stereocenters. The van der Waals surface area contributed by atoms with Crippen LogP contribution in [0.25, 0.3) is 6.08 Å². The first-order valence-electron chi connectivity index (χ1n) is 11.7. The smallest absolute Gasteiger partial charge is 0.262 e. The molecule has 184 valence electrons. The molecular formula is C26H31BrN6O2. The number of hydrogen-bond acceptors (Lipinski definition) is 6. The number of aromatic nitrogens is 1. The van der Waals surface area contributed by atoms with Crippen LogP contribution >= 0.6 is 15.9 Å². The highest BCUT2D eigenvalue weighted by Crippen LogP contribution is 2.18. The van der Waals surface area contributed by atoms with Crippen LogP contribution in [0.4, 0.5) is 0 Å². The highest BCUT2D eigenvalue weighted by molar-refractivity contribution is 9.10. The summed E-state index contributed by atoms with van der Waals surface area (Å²) in [6, 6.07) is 14.6. The van der Waals surface area contributed by atoms with Crippen LogP contribution in [0.15, 0.2) is 52.6 Å². The normalized spacial score (nSPS) is 15.8. The van der Waals surface area contributed by atoms with Crippen molar-refractivity contribution in [3.8, 4) is 6.07 Å². The molecule has 0 saturated carbocycles. The Balaban J connectivity index is 1.65. The molecule has 8 nitrogen and oxygen atoms in total. The second-order valence-electron chi connectivity index (χ2n) is 8.52. The summed E-state index contributed by atoms with van der Waals surface area (Å²) in [5.74, 6) is -0.710. The molecule has 0 aliphatic carbocycles. The van der Waals surface area contributed by atoms with Gasteiger partial charge < -0.3 is 15.5 Å². The standard InChI is InChI=1S/C26H31BrN6O2/c1-3-23(19-7-5-4-6-8-19)31-26(35)21(18-28)16-22-15-20(17-24(27)30-22)25(34)29-9-10-33-13-11-32(2)12-14-33/h4-8,15-17,23H,3,9-14H2,1-2H3,(H,29,34)(H,31,35). The van der Waals surface area contributed by atoms with E-state index >= 15 is 0 Å². The summed E-state index contributed by atoms with van der Waals surface area (Å²) < 4.78 is 0.448. The lowest BCUT2D eigenvalue weighted by Gasteiger charge is -2.32. The molecule has 2 heterocycles. The van der Waals surface area contributed by atoms with Crippen LogP contribution in [0.2, 0.25) is 0 Å². The van der Waals surface area contributed by atoms with Crippen molar-refractivity contribution >= 4 is 33.8 Å². The van der Waals surface area contributed by atoms with Crippen molar-refractivity contribution in [3.63, 3.8) is 0 Å². The minimum Gasteiger partial charge on any atom is -0.351 e. The van der Waals surface area contributed by atoms with Gasteiger partial charge in [0.2, 0.25) is 0 Å². The van der Waals surface area contributed by atoms with E-state index in [2.05, 4.69) is 48.4 Å². The SMILES string of the molecule is CCC(NC(=O)C(C#N)=Cc1cc(C(=O)NCCN2CCN(C)CC2)cc(Br)n1)c1ccccc1. The lowest BCUT2D eigenvalue weighted by molar-refractivity contribution is -0.117.